The third-order valence-corrected chi connectivity index (χ3v) is 2.99. The first-order valence-electron chi connectivity index (χ1n) is 6.09. The smallest absolute Gasteiger partial charge is 0.0678 e. The van der Waals surface area contributed by atoms with Crippen molar-refractivity contribution in [3.8, 4) is 0 Å². The zero-order valence-corrected chi connectivity index (χ0v) is 10.1. The molecule has 0 spiro atoms. The van der Waals surface area contributed by atoms with Gasteiger partial charge in [0.1, 0.15) is 0 Å². The van der Waals surface area contributed by atoms with Crippen LogP contribution in [0.2, 0.25) is 0 Å². The SMILES string of the molecule is C[C@@H]1CN(CCCc2cn[nH]c2)C[C@H](C)O1. The quantitative estimate of drug-likeness (QED) is 0.840. The van der Waals surface area contributed by atoms with Crippen molar-refractivity contribution in [2.24, 2.45) is 0 Å². The lowest BCUT2D eigenvalue weighted by Crippen LogP contribution is -2.45. The van der Waals surface area contributed by atoms with Crippen molar-refractivity contribution in [1.82, 2.24) is 15.1 Å². The Labute approximate surface area is 97.0 Å². The van der Waals surface area contributed by atoms with Crippen molar-refractivity contribution in [2.45, 2.75) is 38.9 Å². The summed E-state index contributed by atoms with van der Waals surface area (Å²) in [6.45, 7) is 7.59. The van der Waals surface area contributed by atoms with Crippen molar-refractivity contribution < 1.29 is 4.74 Å². The largest absolute Gasteiger partial charge is 0.373 e. The third kappa shape index (κ3) is 3.32. The molecule has 1 aliphatic heterocycles. The molecule has 0 unspecified atom stereocenters. The number of hydrogen-bond acceptors (Lipinski definition) is 3. The van der Waals surface area contributed by atoms with E-state index in [0.29, 0.717) is 12.2 Å². The molecule has 0 amide bonds. The molecule has 1 saturated heterocycles. The Balaban J connectivity index is 1.69. The molecule has 1 aromatic heterocycles. The number of nitrogens with zero attached hydrogens (tertiary/aromatic N) is 2. The van der Waals surface area contributed by atoms with Crippen LogP contribution in [0.15, 0.2) is 12.4 Å². The molecule has 1 fully saturated rings. The number of morpholine rings is 1. The summed E-state index contributed by atoms with van der Waals surface area (Å²) in [5, 5.41) is 6.80. The van der Waals surface area contributed by atoms with Gasteiger partial charge in [-0.3, -0.25) is 10.00 Å². The lowest BCUT2D eigenvalue weighted by atomic mass is 10.1. The molecule has 0 aromatic carbocycles. The molecule has 0 saturated carbocycles. The highest BCUT2D eigenvalue weighted by Gasteiger charge is 2.21. The van der Waals surface area contributed by atoms with Gasteiger partial charge in [0.2, 0.25) is 0 Å². The van der Waals surface area contributed by atoms with Crippen LogP contribution in [0.5, 0.6) is 0 Å². The molecule has 90 valence electrons. The molecular weight excluding hydrogens is 202 g/mol. The highest BCUT2D eigenvalue weighted by molar-refractivity contribution is 5.02. The van der Waals surface area contributed by atoms with E-state index in [4.69, 9.17) is 4.74 Å². The minimum atomic E-state index is 0.373. The highest BCUT2D eigenvalue weighted by Crippen LogP contribution is 2.11. The number of nitrogens with one attached hydrogen (secondary N) is 1. The van der Waals surface area contributed by atoms with E-state index in [1.165, 1.54) is 12.0 Å². The fourth-order valence-electron chi connectivity index (χ4n) is 2.39. The van der Waals surface area contributed by atoms with E-state index >= 15 is 0 Å². The Morgan fingerprint density at radius 2 is 2.19 bits per heavy atom. The molecule has 16 heavy (non-hydrogen) atoms. The zero-order valence-electron chi connectivity index (χ0n) is 10.1. The average Bonchev–Trinajstić information content (AvgIpc) is 2.69. The predicted molar refractivity (Wildman–Crippen MR) is 63.4 cm³/mol. The summed E-state index contributed by atoms with van der Waals surface area (Å²) in [7, 11) is 0. The molecule has 2 atom stereocenters. The van der Waals surface area contributed by atoms with Gasteiger partial charge in [-0.15, -0.1) is 0 Å². The Kier molecular flexibility index (Phi) is 3.96. The number of aromatic amines is 1. The molecule has 0 bridgehead atoms. The monoisotopic (exact) mass is 223 g/mol. The average molecular weight is 223 g/mol. The standard InChI is InChI=1S/C12H21N3O/c1-10-8-15(9-11(2)16-10)5-3-4-12-6-13-14-7-12/h6-7,10-11H,3-5,8-9H2,1-2H3,(H,13,14)/t10-,11+. The zero-order chi connectivity index (χ0) is 11.4. The van der Waals surface area contributed by atoms with Gasteiger partial charge in [0.25, 0.3) is 0 Å². The Morgan fingerprint density at radius 1 is 1.44 bits per heavy atom. The van der Waals surface area contributed by atoms with Gasteiger partial charge >= 0.3 is 0 Å². The van der Waals surface area contributed by atoms with E-state index in [1.54, 1.807) is 0 Å². The Morgan fingerprint density at radius 3 is 2.81 bits per heavy atom. The van der Waals surface area contributed by atoms with Crippen molar-refractivity contribution >= 4 is 0 Å². The van der Waals surface area contributed by atoms with E-state index in [2.05, 4.69) is 28.9 Å². The van der Waals surface area contributed by atoms with Crippen molar-refractivity contribution in [1.29, 1.82) is 0 Å². The number of H-pyrrole nitrogens is 1. The van der Waals surface area contributed by atoms with Crippen molar-refractivity contribution in [3.05, 3.63) is 18.0 Å². The van der Waals surface area contributed by atoms with Crippen LogP contribution in [0.25, 0.3) is 0 Å². The van der Waals surface area contributed by atoms with Gasteiger partial charge in [0.15, 0.2) is 0 Å². The van der Waals surface area contributed by atoms with Gasteiger partial charge in [-0.1, -0.05) is 0 Å². The van der Waals surface area contributed by atoms with E-state index in [1.807, 2.05) is 12.4 Å². The fraction of sp³-hybridized carbons (Fsp3) is 0.750. The molecule has 0 aliphatic carbocycles. The molecule has 4 nitrogen and oxygen atoms in total. The predicted octanol–water partition coefficient (Wildman–Crippen LogP) is 1.45. The van der Waals surface area contributed by atoms with Crippen LogP contribution >= 0.6 is 0 Å². The number of aryl methyl sites for hydroxylation is 1. The van der Waals surface area contributed by atoms with E-state index in [0.717, 1.165) is 26.1 Å². The third-order valence-electron chi connectivity index (χ3n) is 2.99. The van der Waals surface area contributed by atoms with Crippen LogP contribution in [0.1, 0.15) is 25.8 Å². The van der Waals surface area contributed by atoms with Crippen molar-refractivity contribution in [3.63, 3.8) is 0 Å². The Bertz CT molecular complexity index is 289. The summed E-state index contributed by atoms with van der Waals surface area (Å²) in [4.78, 5) is 2.50. The first-order chi connectivity index (χ1) is 7.74. The summed E-state index contributed by atoms with van der Waals surface area (Å²) in [6, 6.07) is 0. The first-order valence-corrected chi connectivity index (χ1v) is 6.09. The van der Waals surface area contributed by atoms with E-state index in [-0.39, 0.29) is 0 Å². The van der Waals surface area contributed by atoms with Gasteiger partial charge < -0.3 is 4.74 Å². The molecule has 2 heterocycles. The number of rotatable bonds is 4. The molecule has 1 aromatic rings. The van der Waals surface area contributed by atoms with Gasteiger partial charge in [0, 0.05) is 19.3 Å². The second kappa shape index (κ2) is 5.46. The molecular formula is C12H21N3O. The molecule has 1 aliphatic rings. The summed E-state index contributed by atoms with van der Waals surface area (Å²) in [5.74, 6) is 0. The van der Waals surface area contributed by atoms with Gasteiger partial charge in [-0.05, 0) is 38.8 Å². The summed E-state index contributed by atoms with van der Waals surface area (Å²) in [5.41, 5.74) is 1.30. The minimum absolute atomic E-state index is 0.373. The van der Waals surface area contributed by atoms with Crippen LogP contribution < -0.4 is 0 Å². The summed E-state index contributed by atoms with van der Waals surface area (Å²) < 4.78 is 5.71. The number of aromatic nitrogens is 2. The molecule has 1 N–H and O–H groups in total. The second-order valence-electron chi connectivity index (χ2n) is 4.73. The van der Waals surface area contributed by atoms with Crippen LogP contribution in [-0.4, -0.2) is 46.9 Å². The van der Waals surface area contributed by atoms with E-state index < -0.39 is 0 Å². The van der Waals surface area contributed by atoms with Gasteiger partial charge in [0.05, 0.1) is 18.4 Å². The first kappa shape index (κ1) is 11.6. The minimum Gasteiger partial charge on any atom is -0.373 e. The topological polar surface area (TPSA) is 41.2 Å². The molecule has 0 radical (unpaired) electrons. The molecule has 2 rings (SSSR count). The molecule has 4 heteroatoms. The highest BCUT2D eigenvalue weighted by atomic mass is 16.5. The maximum absolute atomic E-state index is 5.71. The normalized spacial score (nSPS) is 27.1. The maximum Gasteiger partial charge on any atom is 0.0678 e. The number of ether oxygens (including phenoxy) is 1. The summed E-state index contributed by atoms with van der Waals surface area (Å²) >= 11 is 0. The van der Waals surface area contributed by atoms with Crippen molar-refractivity contribution in [2.75, 3.05) is 19.6 Å². The Hall–Kier alpha value is -0.870. The van der Waals surface area contributed by atoms with Gasteiger partial charge in [-0.25, -0.2) is 0 Å². The van der Waals surface area contributed by atoms with E-state index in [9.17, 15) is 0 Å². The van der Waals surface area contributed by atoms with Crippen LogP contribution in [0.3, 0.4) is 0 Å². The van der Waals surface area contributed by atoms with Crippen LogP contribution in [0, 0.1) is 0 Å². The number of hydrogen-bond donors (Lipinski definition) is 1. The summed E-state index contributed by atoms with van der Waals surface area (Å²) in [6.07, 6.45) is 6.93. The van der Waals surface area contributed by atoms with Gasteiger partial charge in [-0.2, -0.15) is 5.10 Å². The van der Waals surface area contributed by atoms with Crippen LogP contribution in [-0.2, 0) is 11.2 Å². The lowest BCUT2D eigenvalue weighted by molar-refractivity contribution is -0.0680. The maximum atomic E-state index is 5.71. The second-order valence-corrected chi connectivity index (χ2v) is 4.73. The fourth-order valence-corrected chi connectivity index (χ4v) is 2.39. The lowest BCUT2D eigenvalue weighted by Gasteiger charge is -2.35. The van der Waals surface area contributed by atoms with Crippen LogP contribution in [0.4, 0.5) is 0 Å².